The average Bonchev–Trinajstić information content (AvgIpc) is 2.99. The van der Waals surface area contributed by atoms with Crippen LogP contribution in [-0.4, -0.2) is 39.7 Å². The summed E-state index contributed by atoms with van der Waals surface area (Å²) in [5.41, 5.74) is 8.19. The van der Waals surface area contributed by atoms with Crippen molar-refractivity contribution in [3.8, 4) is 11.1 Å². The number of nitrogens with one attached hydrogen (secondary N) is 1. The number of benzene rings is 2. The van der Waals surface area contributed by atoms with Gasteiger partial charge in [-0.15, -0.1) is 0 Å². The normalized spacial score (nSPS) is 16.7. The number of aliphatic hydroxyl groups is 1. The number of hydrogen-bond donors (Lipinski definition) is 3. The Labute approximate surface area is 159 Å². The number of carbonyl (C=O) groups is 2. The van der Waals surface area contributed by atoms with Crippen LogP contribution < -0.4 is 11.1 Å². The fraction of sp³-hybridized carbons (Fsp3) is 0.150. The molecule has 1 aliphatic rings. The molecule has 0 radical (unpaired) electrons. The van der Waals surface area contributed by atoms with Gasteiger partial charge in [0.1, 0.15) is 11.5 Å². The van der Waals surface area contributed by atoms with E-state index in [2.05, 4.69) is 10.3 Å². The zero-order valence-corrected chi connectivity index (χ0v) is 14.7. The van der Waals surface area contributed by atoms with Gasteiger partial charge in [0.2, 0.25) is 5.91 Å². The third-order valence-electron chi connectivity index (χ3n) is 4.69. The lowest BCUT2D eigenvalue weighted by Crippen LogP contribution is -2.36. The van der Waals surface area contributed by atoms with Crippen molar-refractivity contribution in [1.29, 1.82) is 0 Å². The second-order valence-corrected chi connectivity index (χ2v) is 6.55. The van der Waals surface area contributed by atoms with Gasteiger partial charge in [0.15, 0.2) is 6.35 Å². The minimum Gasteiger partial charge on any atom is -0.364 e. The first-order valence-corrected chi connectivity index (χ1v) is 8.63. The van der Waals surface area contributed by atoms with E-state index in [9.17, 15) is 19.1 Å². The predicted octanol–water partition coefficient (Wildman–Crippen LogP) is 1.35. The summed E-state index contributed by atoms with van der Waals surface area (Å²) in [6, 6.07) is 12.9. The zero-order chi connectivity index (χ0) is 19.8. The Morgan fingerprint density at radius 2 is 2.00 bits per heavy atom. The molecule has 142 valence electrons. The molecule has 8 heteroatoms. The van der Waals surface area contributed by atoms with E-state index < -0.39 is 12.3 Å². The van der Waals surface area contributed by atoms with Crippen LogP contribution in [0.2, 0.25) is 0 Å². The van der Waals surface area contributed by atoms with E-state index in [-0.39, 0.29) is 30.5 Å². The Hall–Kier alpha value is -3.36. The topological polar surface area (TPSA) is 109 Å². The Morgan fingerprint density at radius 1 is 1.25 bits per heavy atom. The monoisotopic (exact) mass is 380 g/mol. The smallest absolute Gasteiger partial charge is 0.267 e. The molecule has 0 saturated carbocycles. The molecule has 2 heterocycles. The Bertz CT molecular complexity index is 1080. The van der Waals surface area contributed by atoms with Crippen LogP contribution in [0.5, 0.6) is 0 Å². The van der Waals surface area contributed by atoms with Crippen LogP contribution in [0.25, 0.3) is 22.0 Å². The predicted molar refractivity (Wildman–Crippen MR) is 100 cm³/mol. The summed E-state index contributed by atoms with van der Waals surface area (Å²) in [6.45, 7) is 0.269. The number of nitrogens with two attached hydrogens (primary N) is 1. The number of primary amides is 1. The summed E-state index contributed by atoms with van der Waals surface area (Å²) in [4.78, 5) is 29.2. The molecule has 0 aliphatic carbocycles. The number of fused-ring (bicyclic) bond motifs is 1. The lowest BCUT2D eigenvalue weighted by molar-refractivity contribution is -0.133. The van der Waals surface area contributed by atoms with E-state index in [1.807, 2.05) is 12.1 Å². The molecule has 0 bridgehead atoms. The van der Waals surface area contributed by atoms with E-state index in [1.165, 1.54) is 17.0 Å². The molecule has 7 nitrogen and oxygen atoms in total. The van der Waals surface area contributed by atoms with E-state index >= 15 is 0 Å². The molecular weight excluding hydrogens is 363 g/mol. The summed E-state index contributed by atoms with van der Waals surface area (Å²) >= 11 is 0. The van der Waals surface area contributed by atoms with Gasteiger partial charge < -0.3 is 10.8 Å². The summed E-state index contributed by atoms with van der Waals surface area (Å²) in [7, 11) is 0. The SMILES string of the molecule is NC(=O)c1cc(-c2ccc(F)cc2)c2ccc(CN3C(=O)CNC3O)cc2n1. The summed E-state index contributed by atoms with van der Waals surface area (Å²) in [5.74, 6) is -1.24. The lowest BCUT2D eigenvalue weighted by atomic mass is 9.98. The van der Waals surface area contributed by atoms with Crippen LogP contribution in [0, 0.1) is 5.82 Å². The number of hydrogen-bond acceptors (Lipinski definition) is 5. The first-order valence-electron chi connectivity index (χ1n) is 8.63. The number of halogens is 1. The van der Waals surface area contributed by atoms with E-state index in [0.717, 1.165) is 16.5 Å². The summed E-state index contributed by atoms with van der Waals surface area (Å²) in [6.07, 6.45) is -1.04. The highest BCUT2D eigenvalue weighted by atomic mass is 19.1. The molecule has 0 spiro atoms. The molecule has 1 aliphatic heterocycles. The number of rotatable bonds is 4. The maximum absolute atomic E-state index is 13.3. The van der Waals surface area contributed by atoms with Gasteiger partial charge in [-0.2, -0.15) is 0 Å². The van der Waals surface area contributed by atoms with Gasteiger partial charge in [0, 0.05) is 11.9 Å². The molecule has 3 aromatic rings. The largest absolute Gasteiger partial charge is 0.364 e. The van der Waals surface area contributed by atoms with Gasteiger partial charge in [-0.3, -0.25) is 19.8 Å². The lowest BCUT2D eigenvalue weighted by Gasteiger charge is -2.20. The summed E-state index contributed by atoms with van der Waals surface area (Å²) < 4.78 is 13.3. The number of aromatic nitrogens is 1. The van der Waals surface area contributed by atoms with Gasteiger partial charge in [0.25, 0.3) is 5.91 Å². The number of amides is 2. The van der Waals surface area contributed by atoms with Gasteiger partial charge in [-0.25, -0.2) is 9.37 Å². The molecule has 1 aromatic heterocycles. The number of nitrogens with zero attached hydrogens (tertiary/aromatic N) is 2. The van der Waals surface area contributed by atoms with Gasteiger partial charge in [-0.05, 0) is 41.0 Å². The van der Waals surface area contributed by atoms with Crippen molar-refractivity contribution in [2.75, 3.05) is 6.54 Å². The molecule has 28 heavy (non-hydrogen) atoms. The first kappa shape index (κ1) is 18.0. The van der Waals surface area contributed by atoms with E-state index in [1.54, 1.807) is 24.3 Å². The standard InChI is InChI=1S/C20H17FN4O3/c21-13-4-2-12(3-5-13)15-8-17(19(22)27)24-16-7-11(1-6-14(15)16)10-25-18(26)9-23-20(25)28/h1-8,20,23,28H,9-10H2,(H2,22,27). The van der Waals surface area contributed by atoms with Crippen molar-refractivity contribution in [2.24, 2.45) is 5.73 Å². The van der Waals surface area contributed by atoms with Crippen LogP contribution >= 0.6 is 0 Å². The molecular formula is C20H17FN4O3. The van der Waals surface area contributed by atoms with E-state index in [0.29, 0.717) is 11.1 Å². The molecule has 4 N–H and O–H groups in total. The second kappa shape index (κ2) is 6.99. The van der Waals surface area contributed by atoms with Crippen molar-refractivity contribution in [2.45, 2.75) is 12.9 Å². The molecule has 4 rings (SSSR count). The molecule has 2 amide bonds. The minimum atomic E-state index is -1.04. The highest BCUT2D eigenvalue weighted by Gasteiger charge is 2.28. The second-order valence-electron chi connectivity index (χ2n) is 6.55. The quantitative estimate of drug-likeness (QED) is 0.633. The minimum absolute atomic E-state index is 0.0769. The van der Waals surface area contributed by atoms with Gasteiger partial charge in [0.05, 0.1) is 12.1 Å². The van der Waals surface area contributed by atoms with Crippen molar-refractivity contribution in [3.63, 3.8) is 0 Å². The fourth-order valence-corrected chi connectivity index (χ4v) is 3.26. The zero-order valence-electron chi connectivity index (χ0n) is 14.7. The average molecular weight is 380 g/mol. The number of carbonyl (C=O) groups excluding carboxylic acids is 2. The molecule has 1 unspecified atom stereocenters. The molecule has 1 fully saturated rings. The third-order valence-corrected chi connectivity index (χ3v) is 4.69. The van der Waals surface area contributed by atoms with Gasteiger partial charge in [-0.1, -0.05) is 24.3 Å². The van der Waals surface area contributed by atoms with Crippen LogP contribution in [0.15, 0.2) is 48.5 Å². The van der Waals surface area contributed by atoms with Crippen LogP contribution in [-0.2, 0) is 11.3 Å². The van der Waals surface area contributed by atoms with Crippen LogP contribution in [0.3, 0.4) is 0 Å². The van der Waals surface area contributed by atoms with Crippen molar-refractivity contribution in [3.05, 3.63) is 65.6 Å². The number of aliphatic hydroxyl groups excluding tert-OH is 1. The first-order chi connectivity index (χ1) is 13.4. The highest BCUT2D eigenvalue weighted by Crippen LogP contribution is 2.30. The highest BCUT2D eigenvalue weighted by molar-refractivity contribution is 6.01. The Kier molecular flexibility index (Phi) is 4.50. The number of pyridine rings is 1. The molecule has 2 aromatic carbocycles. The third kappa shape index (κ3) is 3.30. The van der Waals surface area contributed by atoms with E-state index in [4.69, 9.17) is 5.73 Å². The Balaban J connectivity index is 1.81. The molecule has 1 atom stereocenters. The van der Waals surface area contributed by atoms with Crippen molar-refractivity contribution >= 4 is 22.7 Å². The fourth-order valence-electron chi connectivity index (χ4n) is 3.26. The van der Waals surface area contributed by atoms with Crippen molar-refractivity contribution < 1.29 is 19.1 Å². The Morgan fingerprint density at radius 3 is 2.64 bits per heavy atom. The molecule has 1 saturated heterocycles. The van der Waals surface area contributed by atoms with Crippen molar-refractivity contribution in [1.82, 2.24) is 15.2 Å². The van der Waals surface area contributed by atoms with Crippen LogP contribution in [0.4, 0.5) is 4.39 Å². The maximum atomic E-state index is 13.3. The summed E-state index contributed by atoms with van der Waals surface area (Å²) in [5, 5.41) is 13.3. The maximum Gasteiger partial charge on any atom is 0.267 e. The van der Waals surface area contributed by atoms with Crippen LogP contribution in [0.1, 0.15) is 16.1 Å². The van der Waals surface area contributed by atoms with Gasteiger partial charge >= 0.3 is 0 Å².